The van der Waals surface area contributed by atoms with Crippen molar-refractivity contribution >= 4 is 34.7 Å². The first kappa shape index (κ1) is 21.1. The molecule has 162 valence electrons. The van der Waals surface area contributed by atoms with Gasteiger partial charge in [0.15, 0.2) is 0 Å². The lowest BCUT2D eigenvalue weighted by atomic mass is 9.93. The fraction of sp³-hybridized carbons (Fsp3) is 0.400. The number of hydrogen-bond acceptors (Lipinski definition) is 4. The molecule has 1 N–H and O–H groups in total. The van der Waals surface area contributed by atoms with E-state index >= 15 is 0 Å². The van der Waals surface area contributed by atoms with Crippen LogP contribution in [0.3, 0.4) is 0 Å². The van der Waals surface area contributed by atoms with E-state index in [4.69, 9.17) is 4.74 Å². The molecule has 2 aromatic carbocycles. The van der Waals surface area contributed by atoms with Gasteiger partial charge in [0.05, 0.1) is 6.10 Å². The van der Waals surface area contributed by atoms with Crippen molar-refractivity contribution in [2.24, 2.45) is 0 Å². The molecule has 0 aromatic heterocycles. The van der Waals surface area contributed by atoms with Crippen molar-refractivity contribution in [2.75, 3.05) is 0 Å². The van der Waals surface area contributed by atoms with Crippen LogP contribution in [-0.4, -0.2) is 34.9 Å². The summed E-state index contributed by atoms with van der Waals surface area (Å²) >= 11 is 0. The Kier molecular flexibility index (Phi) is 6.07. The second-order valence-electron chi connectivity index (χ2n) is 8.32. The van der Waals surface area contributed by atoms with Crippen LogP contribution in [0.4, 0.5) is 4.79 Å². The molecule has 1 saturated carbocycles. The van der Waals surface area contributed by atoms with Crippen LogP contribution in [0.1, 0.15) is 57.9 Å². The van der Waals surface area contributed by atoms with Gasteiger partial charge in [-0.3, -0.25) is 19.8 Å². The number of amides is 4. The summed E-state index contributed by atoms with van der Waals surface area (Å²) in [4.78, 5) is 39.7. The minimum absolute atomic E-state index is 0.0190. The second-order valence-corrected chi connectivity index (χ2v) is 8.32. The van der Waals surface area contributed by atoms with Gasteiger partial charge in [0, 0.05) is 11.6 Å². The van der Waals surface area contributed by atoms with Crippen LogP contribution >= 0.6 is 0 Å². The van der Waals surface area contributed by atoms with E-state index in [-0.39, 0.29) is 17.7 Å². The Hall–Kier alpha value is -3.15. The van der Waals surface area contributed by atoms with Crippen molar-refractivity contribution in [3.63, 3.8) is 0 Å². The van der Waals surface area contributed by atoms with Gasteiger partial charge >= 0.3 is 6.03 Å². The lowest BCUT2D eigenvalue weighted by Crippen LogP contribution is -2.58. The number of carbonyl (C=O) groups is 3. The van der Waals surface area contributed by atoms with E-state index in [1.165, 1.54) is 4.90 Å². The smallest absolute Gasteiger partial charge is 0.331 e. The number of nitrogens with zero attached hydrogens (tertiary/aromatic N) is 1. The monoisotopic (exact) mass is 420 g/mol. The minimum Gasteiger partial charge on any atom is -0.490 e. The maximum atomic E-state index is 13.3. The number of carbonyl (C=O) groups excluding carboxylic acids is 3. The Bertz CT molecular complexity index is 1050. The van der Waals surface area contributed by atoms with E-state index in [0.717, 1.165) is 49.3 Å². The Balaban J connectivity index is 1.80. The van der Waals surface area contributed by atoms with Crippen LogP contribution in [0.25, 0.3) is 16.8 Å². The largest absolute Gasteiger partial charge is 0.490 e. The van der Waals surface area contributed by atoms with Gasteiger partial charge in [0.1, 0.15) is 11.3 Å². The number of benzene rings is 2. The van der Waals surface area contributed by atoms with E-state index in [0.29, 0.717) is 11.3 Å². The average Bonchev–Trinajstić information content (AvgIpc) is 2.78. The van der Waals surface area contributed by atoms with Crippen LogP contribution in [0.2, 0.25) is 0 Å². The van der Waals surface area contributed by atoms with Crippen molar-refractivity contribution in [3.8, 4) is 5.75 Å². The molecule has 0 bridgehead atoms. The number of ether oxygens (including phenoxy) is 1. The zero-order valence-corrected chi connectivity index (χ0v) is 18.0. The van der Waals surface area contributed by atoms with Gasteiger partial charge in [0.25, 0.3) is 11.8 Å². The summed E-state index contributed by atoms with van der Waals surface area (Å²) < 4.78 is 6.11. The van der Waals surface area contributed by atoms with Crippen molar-refractivity contribution in [3.05, 3.63) is 47.5 Å². The highest BCUT2D eigenvalue weighted by atomic mass is 16.5. The molecule has 1 unspecified atom stereocenters. The fourth-order valence-electron chi connectivity index (χ4n) is 4.31. The first-order valence-corrected chi connectivity index (χ1v) is 11.1. The highest BCUT2D eigenvalue weighted by molar-refractivity contribution is 6.31. The van der Waals surface area contributed by atoms with Gasteiger partial charge < -0.3 is 4.74 Å². The van der Waals surface area contributed by atoms with Gasteiger partial charge in [-0.15, -0.1) is 0 Å². The first-order valence-electron chi connectivity index (χ1n) is 11.1. The van der Waals surface area contributed by atoms with Crippen LogP contribution < -0.4 is 10.1 Å². The molecule has 1 saturated heterocycles. The molecule has 6 nitrogen and oxygen atoms in total. The normalized spacial score (nSPS) is 20.3. The third kappa shape index (κ3) is 4.20. The molecule has 0 spiro atoms. The molecule has 1 heterocycles. The van der Waals surface area contributed by atoms with E-state index in [1.807, 2.05) is 50.2 Å². The average molecular weight is 421 g/mol. The summed E-state index contributed by atoms with van der Waals surface area (Å²) in [5, 5.41) is 4.23. The lowest BCUT2D eigenvalue weighted by molar-refractivity contribution is -0.132. The molecule has 31 heavy (non-hydrogen) atoms. The van der Waals surface area contributed by atoms with E-state index in [2.05, 4.69) is 5.32 Å². The SMILES string of the molecule is CCC(C)Oc1ccc2ccccc2c1C=C1C(=O)NC(=O)N(C2CCCCC2)C1=O. The van der Waals surface area contributed by atoms with Crippen LogP contribution in [0.5, 0.6) is 5.75 Å². The molecule has 1 aliphatic heterocycles. The Morgan fingerprint density at radius 3 is 2.58 bits per heavy atom. The van der Waals surface area contributed by atoms with Crippen LogP contribution in [0, 0.1) is 0 Å². The van der Waals surface area contributed by atoms with Gasteiger partial charge in [-0.25, -0.2) is 4.79 Å². The van der Waals surface area contributed by atoms with Crippen molar-refractivity contribution in [1.82, 2.24) is 10.2 Å². The van der Waals surface area contributed by atoms with Crippen molar-refractivity contribution in [1.29, 1.82) is 0 Å². The number of imide groups is 2. The van der Waals surface area contributed by atoms with Gasteiger partial charge in [-0.2, -0.15) is 0 Å². The third-order valence-corrected chi connectivity index (χ3v) is 6.20. The number of barbiturate groups is 1. The predicted octanol–water partition coefficient (Wildman–Crippen LogP) is 4.81. The number of urea groups is 1. The summed E-state index contributed by atoms with van der Waals surface area (Å²) in [6.07, 6.45) is 7.00. The van der Waals surface area contributed by atoms with E-state index < -0.39 is 17.8 Å². The molecule has 2 fully saturated rings. The van der Waals surface area contributed by atoms with E-state index in [9.17, 15) is 14.4 Å². The minimum atomic E-state index is -0.663. The lowest BCUT2D eigenvalue weighted by Gasteiger charge is -2.35. The van der Waals surface area contributed by atoms with E-state index in [1.54, 1.807) is 6.08 Å². The molecule has 4 rings (SSSR count). The number of rotatable bonds is 5. The molecule has 1 atom stereocenters. The molecule has 4 amide bonds. The zero-order valence-electron chi connectivity index (χ0n) is 18.0. The second kappa shape index (κ2) is 8.92. The van der Waals surface area contributed by atoms with Crippen molar-refractivity contribution < 1.29 is 19.1 Å². The highest BCUT2D eigenvalue weighted by Crippen LogP contribution is 2.33. The number of fused-ring (bicyclic) bond motifs is 1. The van der Waals surface area contributed by atoms with Gasteiger partial charge in [-0.05, 0) is 49.1 Å². The highest BCUT2D eigenvalue weighted by Gasteiger charge is 2.40. The Labute approximate surface area is 182 Å². The Morgan fingerprint density at radius 1 is 1.10 bits per heavy atom. The third-order valence-electron chi connectivity index (χ3n) is 6.20. The maximum absolute atomic E-state index is 13.3. The van der Waals surface area contributed by atoms with Crippen molar-refractivity contribution in [2.45, 2.75) is 64.5 Å². The molecular formula is C25H28N2O4. The summed E-state index contributed by atoms with van der Waals surface area (Å²) in [6.45, 7) is 4.02. The topological polar surface area (TPSA) is 75.7 Å². The molecular weight excluding hydrogens is 392 g/mol. The maximum Gasteiger partial charge on any atom is 0.331 e. The Morgan fingerprint density at radius 2 is 1.84 bits per heavy atom. The molecule has 1 aliphatic carbocycles. The number of nitrogens with one attached hydrogen (secondary N) is 1. The standard InChI is InChI=1S/C25H28N2O4/c1-3-16(2)31-22-14-13-17-9-7-8-12-19(17)20(22)15-21-23(28)26-25(30)27(24(21)29)18-10-5-4-6-11-18/h7-9,12-16,18H,3-6,10-11H2,1-2H3,(H,26,28,30). The quantitative estimate of drug-likeness (QED) is 0.556. The molecule has 2 aliphatic rings. The van der Waals surface area contributed by atoms with Crippen LogP contribution in [-0.2, 0) is 9.59 Å². The molecule has 2 aromatic rings. The zero-order chi connectivity index (χ0) is 22.0. The summed E-state index contributed by atoms with van der Waals surface area (Å²) in [5.41, 5.74) is 0.644. The summed E-state index contributed by atoms with van der Waals surface area (Å²) in [6, 6.07) is 10.8. The van der Waals surface area contributed by atoms with Gasteiger partial charge in [-0.1, -0.05) is 56.5 Å². The van der Waals surface area contributed by atoms with Crippen LogP contribution in [0.15, 0.2) is 42.0 Å². The fourth-order valence-corrected chi connectivity index (χ4v) is 4.31. The summed E-state index contributed by atoms with van der Waals surface area (Å²) in [7, 11) is 0. The predicted molar refractivity (Wildman–Crippen MR) is 120 cm³/mol. The molecule has 0 radical (unpaired) electrons. The summed E-state index contributed by atoms with van der Waals surface area (Å²) in [5.74, 6) is -0.574. The van der Waals surface area contributed by atoms with Gasteiger partial charge in [0.2, 0.25) is 0 Å². The number of hydrogen-bond donors (Lipinski definition) is 1. The molecule has 6 heteroatoms. The first-order chi connectivity index (χ1) is 15.0.